The Morgan fingerprint density at radius 2 is 1.88 bits per heavy atom. The summed E-state index contributed by atoms with van der Waals surface area (Å²) >= 11 is 0. The van der Waals surface area contributed by atoms with Gasteiger partial charge >= 0.3 is 0 Å². The standard InChI is InChI=1S/C15H25NO/c1-12-5-6-14(9-13(12)2)7-8-16-10-15(3,4)11-17/h5-6,9,16-17H,7-8,10-11H2,1-4H3. The van der Waals surface area contributed by atoms with Gasteiger partial charge in [0.05, 0.1) is 0 Å². The van der Waals surface area contributed by atoms with Crippen molar-refractivity contribution in [3.8, 4) is 0 Å². The van der Waals surface area contributed by atoms with Crippen molar-refractivity contribution < 1.29 is 5.11 Å². The molecule has 2 heteroatoms. The Labute approximate surface area is 105 Å². The first-order valence-corrected chi connectivity index (χ1v) is 6.32. The zero-order chi connectivity index (χ0) is 12.9. The van der Waals surface area contributed by atoms with Crippen LogP contribution in [0.25, 0.3) is 0 Å². The SMILES string of the molecule is Cc1ccc(CCNCC(C)(C)CO)cc1C. The summed E-state index contributed by atoms with van der Waals surface area (Å²) in [7, 11) is 0. The van der Waals surface area contributed by atoms with Crippen molar-refractivity contribution >= 4 is 0 Å². The molecule has 17 heavy (non-hydrogen) atoms. The van der Waals surface area contributed by atoms with Crippen LogP contribution in [-0.4, -0.2) is 24.8 Å². The van der Waals surface area contributed by atoms with Crippen molar-refractivity contribution in [2.24, 2.45) is 5.41 Å². The first-order valence-electron chi connectivity index (χ1n) is 6.32. The molecule has 1 rings (SSSR count). The van der Waals surface area contributed by atoms with Gasteiger partial charge in [-0.05, 0) is 43.5 Å². The molecule has 1 aromatic carbocycles. The molecule has 0 aliphatic rings. The van der Waals surface area contributed by atoms with Gasteiger partial charge in [-0.1, -0.05) is 32.0 Å². The van der Waals surface area contributed by atoms with Crippen molar-refractivity contribution in [3.05, 3.63) is 34.9 Å². The minimum Gasteiger partial charge on any atom is -0.396 e. The van der Waals surface area contributed by atoms with E-state index in [-0.39, 0.29) is 12.0 Å². The molecular formula is C15H25NO. The van der Waals surface area contributed by atoms with Crippen molar-refractivity contribution in [2.75, 3.05) is 19.7 Å². The van der Waals surface area contributed by atoms with Gasteiger partial charge in [0.2, 0.25) is 0 Å². The van der Waals surface area contributed by atoms with Gasteiger partial charge in [0, 0.05) is 18.6 Å². The molecule has 0 saturated carbocycles. The number of aliphatic hydroxyl groups is 1. The Morgan fingerprint density at radius 3 is 2.47 bits per heavy atom. The fourth-order valence-corrected chi connectivity index (χ4v) is 1.67. The van der Waals surface area contributed by atoms with Gasteiger partial charge in [0.1, 0.15) is 0 Å². The normalized spacial score (nSPS) is 11.8. The first-order chi connectivity index (χ1) is 7.94. The summed E-state index contributed by atoms with van der Waals surface area (Å²) in [6.07, 6.45) is 1.04. The number of aryl methyl sites for hydroxylation is 2. The molecule has 0 atom stereocenters. The molecule has 0 saturated heterocycles. The monoisotopic (exact) mass is 235 g/mol. The molecule has 0 aliphatic heterocycles. The van der Waals surface area contributed by atoms with Gasteiger partial charge < -0.3 is 10.4 Å². The Morgan fingerprint density at radius 1 is 1.18 bits per heavy atom. The minimum absolute atomic E-state index is 0.0246. The van der Waals surface area contributed by atoms with E-state index in [1.807, 2.05) is 0 Å². The third-order valence-electron chi connectivity index (χ3n) is 3.19. The number of rotatable bonds is 6. The van der Waals surface area contributed by atoms with Crippen LogP contribution in [0.15, 0.2) is 18.2 Å². The summed E-state index contributed by atoms with van der Waals surface area (Å²) in [5.41, 5.74) is 4.06. The molecule has 0 amide bonds. The molecule has 96 valence electrons. The van der Waals surface area contributed by atoms with Crippen molar-refractivity contribution in [1.29, 1.82) is 0 Å². The second-order valence-corrected chi connectivity index (χ2v) is 5.67. The molecule has 0 radical (unpaired) electrons. The van der Waals surface area contributed by atoms with Crippen molar-refractivity contribution in [3.63, 3.8) is 0 Å². The molecule has 0 aliphatic carbocycles. The zero-order valence-electron chi connectivity index (χ0n) is 11.5. The Hall–Kier alpha value is -0.860. The first kappa shape index (κ1) is 14.2. The van der Waals surface area contributed by atoms with Crippen LogP contribution in [0.3, 0.4) is 0 Å². The summed E-state index contributed by atoms with van der Waals surface area (Å²) in [6, 6.07) is 6.64. The smallest absolute Gasteiger partial charge is 0.0494 e. The van der Waals surface area contributed by atoms with E-state index in [1.165, 1.54) is 16.7 Å². The summed E-state index contributed by atoms with van der Waals surface area (Å²) in [5.74, 6) is 0. The lowest BCUT2D eigenvalue weighted by molar-refractivity contribution is 0.157. The molecule has 0 fully saturated rings. The average Bonchev–Trinajstić information content (AvgIpc) is 2.29. The number of hydrogen-bond acceptors (Lipinski definition) is 2. The highest BCUT2D eigenvalue weighted by molar-refractivity contribution is 5.29. The highest BCUT2D eigenvalue weighted by atomic mass is 16.3. The van der Waals surface area contributed by atoms with Crippen LogP contribution < -0.4 is 5.32 Å². The van der Waals surface area contributed by atoms with E-state index in [9.17, 15) is 0 Å². The van der Waals surface area contributed by atoms with Crippen LogP contribution in [0.1, 0.15) is 30.5 Å². The van der Waals surface area contributed by atoms with Gasteiger partial charge in [0.15, 0.2) is 0 Å². The lowest BCUT2D eigenvalue weighted by Crippen LogP contribution is -2.33. The average molecular weight is 235 g/mol. The van der Waals surface area contributed by atoms with E-state index in [2.05, 4.69) is 51.2 Å². The summed E-state index contributed by atoms with van der Waals surface area (Å²) in [4.78, 5) is 0. The fraction of sp³-hybridized carbons (Fsp3) is 0.600. The lowest BCUT2D eigenvalue weighted by Gasteiger charge is -2.21. The van der Waals surface area contributed by atoms with Crippen LogP contribution in [-0.2, 0) is 6.42 Å². The molecule has 0 heterocycles. The van der Waals surface area contributed by atoms with Crippen LogP contribution >= 0.6 is 0 Å². The number of aliphatic hydroxyl groups excluding tert-OH is 1. The maximum Gasteiger partial charge on any atom is 0.0494 e. The maximum absolute atomic E-state index is 9.14. The van der Waals surface area contributed by atoms with Crippen LogP contribution in [0.4, 0.5) is 0 Å². The largest absolute Gasteiger partial charge is 0.396 e. The van der Waals surface area contributed by atoms with E-state index in [0.717, 1.165) is 19.5 Å². The Bertz CT molecular complexity index is 358. The van der Waals surface area contributed by atoms with Crippen molar-refractivity contribution in [1.82, 2.24) is 5.32 Å². The van der Waals surface area contributed by atoms with Gasteiger partial charge in [-0.3, -0.25) is 0 Å². The molecule has 0 spiro atoms. The van der Waals surface area contributed by atoms with Crippen LogP contribution in [0, 0.1) is 19.3 Å². The van der Waals surface area contributed by atoms with E-state index in [4.69, 9.17) is 5.11 Å². The zero-order valence-corrected chi connectivity index (χ0v) is 11.5. The highest BCUT2D eigenvalue weighted by Gasteiger charge is 2.14. The van der Waals surface area contributed by atoms with E-state index in [0.29, 0.717) is 0 Å². The van der Waals surface area contributed by atoms with Gasteiger partial charge in [-0.2, -0.15) is 0 Å². The topological polar surface area (TPSA) is 32.3 Å². The summed E-state index contributed by atoms with van der Waals surface area (Å²) in [5, 5.41) is 12.5. The van der Waals surface area contributed by atoms with E-state index >= 15 is 0 Å². The Kier molecular flexibility index (Phi) is 5.16. The molecule has 1 aromatic rings. The third-order valence-corrected chi connectivity index (χ3v) is 3.19. The molecule has 0 bridgehead atoms. The molecule has 2 N–H and O–H groups in total. The quantitative estimate of drug-likeness (QED) is 0.742. The highest BCUT2D eigenvalue weighted by Crippen LogP contribution is 2.12. The molecular weight excluding hydrogens is 210 g/mol. The predicted molar refractivity (Wildman–Crippen MR) is 73.4 cm³/mol. The molecule has 0 unspecified atom stereocenters. The maximum atomic E-state index is 9.14. The summed E-state index contributed by atoms with van der Waals surface area (Å²) in [6.45, 7) is 10.5. The van der Waals surface area contributed by atoms with Gasteiger partial charge in [-0.25, -0.2) is 0 Å². The van der Waals surface area contributed by atoms with E-state index < -0.39 is 0 Å². The lowest BCUT2D eigenvalue weighted by atomic mass is 9.95. The number of hydrogen-bond donors (Lipinski definition) is 2. The van der Waals surface area contributed by atoms with E-state index in [1.54, 1.807) is 0 Å². The second kappa shape index (κ2) is 6.18. The van der Waals surface area contributed by atoms with Crippen LogP contribution in [0.5, 0.6) is 0 Å². The minimum atomic E-state index is -0.0246. The van der Waals surface area contributed by atoms with Gasteiger partial charge in [0.25, 0.3) is 0 Å². The Balaban J connectivity index is 2.34. The number of benzene rings is 1. The second-order valence-electron chi connectivity index (χ2n) is 5.67. The number of nitrogens with one attached hydrogen (secondary N) is 1. The van der Waals surface area contributed by atoms with Crippen LogP contribution in [0.2, 0.25) is 0 Å². The summed E-state index contributed by atoms with van der Waals surface area (Å²) < 4.78 is 0. The van der Waals surface area contributed by atoms with Gasteiger partial charge in [-0.15, -0.1) is 0 Å². The predicted octanol–water partition coefficient (Wildman–Crippen LogP) is 2.45. The van der Waals surface area contributed by atoms with Crippen molar-refractivity contribution in [2.45, 2.75) is 34.1 Å². The third kappa shape index (κ3) is 4.88. The fourth-order valence-electron chi connectivity index (χ4n) is 1.67. The molecule has 2 nitrogen and oxygen atoms in total. The molecule has 0 aromatic heterocycles.